The molecule has 0 bridgehead atoms. The summed E-state index contributed by atoms with van der Waals surface area (Å²) >= 11 is 0. The van der Waals surface area contributed by atoms with Crippen LogP contribution in [0.15, 0.2) is 54.7 Å². The second kappa shape index (κ2) is 5.62. The van der Waals surface area contributed by atoms with Gasteiger partial charge in [-0.05, 0) is 11.6 Å². The van der Waals surface area contributed by atoms with Crippen LogP contribution in [-0.2, 0) is 16.1 Å². The fraction of sp³-hybridized carbons (Fsp3) is 0.133. The van der Waals surface area contributed by atoms with E-state index in [1.54, 1.807) is 18.2 Å². The fourth-order valence-corrected chi connectivity index (χ4v) is 1.93. The van der Waals surface area contributed by atoms with Crippen LogP contribution in [0.25, 0.3) is 0 Å². The minimum absolute atomic E-state index is 0.153. The van der Waals surface area contributed by atoms with Crippen LogP contribution in [0.3, 0.4) is 0 Å². The first-order chi connectivity index (χ1) is 10.2. The van der Waals surface area contributed by atoms with Crippen molar-refractivity contribution in [2.24, 2.45) is 0 Å². The highest BCUT2D eigenvalue weighted by Gasteiger charge is 2.42. The topological polar surface area (TPSA) is 68.7 Å². The molecule has 0 saturated carbocycles. The van der Waals surface area contributed by atoms with Crippen molar-refractivity contribution in [3.05, 3.63) is 60.3 Å². The van der Waals surface area contributed by atoms with Gasteiger partial charge >= 0.3 is 18.3 Å². The number of ether oxygens (including phenoxy) is 2. The van der Waals surface area contributed by atoms with Gasteiger partial charge in [-0.3, -0.25) is 4.79 Å². The van der Waals surface area contributed by atoms with Gasteiger partial charge < -0.3 is 9.47 Å². The number of hydrogen-bond donors (Lipinski definition) is 0. The predicted molar refractivity (Wildman–Crippen MR) is 72.1 cm³/mol. The molecule has 6 nitrogen and oxygen atoms in total. The lowest BCUT2D eigenvalue weighted by molar-refractivity contribution is -0.140. The Labute approximate surface area is 120 Å². The van der Waals surface area contributed by atoms with Gasteiger partial charge in [-0.15, -0.1) is 0 Å². The SMILES string of the molecule is O=C1OC(Oc2ccccn2)C(=O)N1Cc1ccccc1. The normalized spacial score (nSPS) is 17.7. The maximum absolute atomic E-state index is 12.2. The number of benzene rings is 1. The van der Waals surface area contributed by atoms with Crippen molar-refractivity contribution in [1.82, 2.24) is 9.88 Å². The van der Waals surface area contributed by atoms with Crippen LogP contribution in [0.1, 0.15) is 5.56 Å². The first-order valence-corrected chi connectivity index (χ1v) is 6.37. The molecule has 3 rings (SSSR count). The summed E-state index contributed by atoms with van der Waals surface area (Å²) in [4.78, 5) is 28.9. The lowest BCUT2D eigenvalue weighted by atomic mass is 10.2. The number of cyclic esters (lactones) is 1. The Morgan fingerprint density at radius 3 is 2.57 bits per heavy atom. The molecule has 0 N–H and O–H groups in total. The third-order valence-corrected chi connectivity index (χ3v) is 2.94. The summed E-state index contributed by atoms with van der Waals surface area (Å²) in [5.41, 5.74) is 0.835. The summed E-state index contributed by atoms with van der Waals surface area (Å²) in [7, 11) is 0. The molecule has 6 heteroatoms. The number of carbonyl (C=O) groups is 2. The predicted octanol–water partition coefficient (Wildman–Crippen LogP) is 1.97. The Kier molecular flexibility index (Phi) is 3.51. The third-order valence-electron chi connectivity index (χ3n) is 2.94. The molecule has 1 atom stereocenters. The van der Waals surface area contributed by atoms with E-state index in [4.69, 9.17) is 9.47 Å². The molecule has 1 fully saturated rings. The summed E-state index contributed by atoms with van der Waals surface area (Å²) < 4.78 is 10.2. The van der Waals surface area contributed by atoms with E-state index in [9.17, 15) is 9.59 Å². The van der Waals surface area contributed by atoms with Crippen molar-refractivity contribution < 1.29 is 19.1 Å². The van der Waals surface area contributed by atoms with Gasteiger partial charge in [0.15, 0.2) is 0 Å². The molecule has 1 aliphatic heterocycles. The van der Waals surface area contributed by atoms with Crippen LogP contribution in [0.5, 0.6) is 5.88 Å². The summed E-state index contributed by atoms with van der Waals surface area (Å²) in [5, 5.41) is 0. The number of carbonyl (C=O) groups excluding carboxylic acids is 2. The molecule has 21 heavy (non-hydrogen) atoms. The van der Waals surface area contributed by atoms with Crippen molar-refractivity contribution in [2.45, 2.75) is 12.8 Å². The maximum Gasteiger partial charge on any atom is 0.420 e. The van der Waals surface area contributed by atoms with Gasteiger partial charge in [0.2, 0.25) is 5.88 Å². The van der Waals surface area contributed by atoms with E-state index in [0.29, 0.717) is 0 Å². The lowest BCUT2D eigenvalue weighted by Gasteiger charge is -2.11. The molecule has 1 aromatic carbocycles. The quantitative estimate of drug-likeness (QED) is 0.858. The number of nitrogens with zero attached hydrogens (tertiary/aromatic N) is 2. The van der Waals surface area contributed by atoms with E-state index in [1.807, 2.05) is 30.3 Å². The van der Waals surface area contributed by atoms with Crippen molar-refractivity contribution >= 4 is 12.0 Å². The lowest BCUT2D eigenvalue weighted by Crippen LogP contribution is -2.33. The maximum atomic E-state index is 12.2. The fourth-order valence-electron chi connectivity index (χ4n) is 1.93. The third kappa shape index (κ3) is 2.84. The molecule has 1 unspecified atom stereocenters. The van der Waals surface area contributed by atoms with Crippen LogP contribution in [0.2, 0.25) is 0 Å². The van der Waals surface area contributed by atoms with Crippen molar-refractivity contribution in [2.75, 3.05) is 0 Å². The van der Waals surface area contributed by atoms with E-state index in [-0.39, 0.29) is 12.4 Å². The summed E-state index contributed by atoms with van der Waals surface area (Å²) in [6.45, 7) is 0.153. The van der Waals surface area contributed by atoms with Gasteiger partial charge in [0.05, 0.1) is 6.54 Å². The molecular weight excluding hydrogens is 272 g/mol. The molecule has 1 saturated heterocycles. The zero-order chi connectivity index (χ0) is 14.7. The van der Waals surface area contributed by atoms with Crippen molar-refractivity contribution in [3.8, 4) is 5.88 Å². The molecule has 0 radical (unpaired) electrons. The van der Waals surface area contributed by atoms with Gasteiger partial charge in [-0.25, -0.2) is 14.7 Å². The molecule has 1 aromatic heterocycles. The van der Waals surface area contributed by atoms with E-state index in [2.05, 4.69) is 4.98 Å². The number of rotatable bonds is 4. The van der Waals surface area contributed by atoms with Gasteiger partial charge in [0, 0.05) is 12.3 Å². The smallest absolute Gasteiger partial charge is 0.420 e. The Balaban J connectivity index is 1.70. The summed E-state index contributed by atoms with van der Waals surface area (Å²) in [6, 6.07) is 14.2. The van der Waals surface area contributed by atoms with E-state index in [1.165, 1.54) is 6.20 Å². The van der Waals surface area contributed by atoms with Crippen LogP contribution < -0.4 is 4.74 Å². The Morgan fingerprint density at radius 2 is 1.86 bits per heavy atom. The van der Waals surface area contributed by atoms with Gasteiger partial charge in [-0.2, -0.15) is 0 Å². The van der Waals surface area contributed by atoms with E-state index >= 15 is 0 Å². The number of amides is 2. The van der Waals surface area contributed by atoms with Crippen LogP contribution in [0, 0.1) is 0 Å². The zero-order valence-corrected chi connectivity index (χ0v) is 11.0. The molecule has 1 aliphatic rings. The second-order valence-corrected chi connectivity index (χ2v) is 4.41. The first kappa shape index (κ1) is 13.1. The summed E-state index contributed by atoms with van der Waals surface area (Å²) in [5.74, 6) is -0.306. The van der Waals surface area contributed by atoms with Crippen molar-refractivity contribution in [3.63, 3.8) is 0 Å². The zero-order valence-electron chi connectivity index (χ0n) is 11.0. The van der Waals surface area contributed by atoms with Crippen LogP contribution in [0.4, 0.5) is 4.79 Å². The van der Waals surface area contributed by atoms with Crippen molar-refractivity contribution in [1.29, 1.82) is 0 Å². The minimum atomic E-state index is -1.28. The Morgan fingerprint density at radius 1 is 1.10 bits per heavy atom. The molecule has 2 amide bonds. The number of imide groups is 1. The molecule has 0 aliphatic carbocycles. The highest BCUT2D eigenvalue weighted by atomic mass is 16.7. The molecular formula is C15H12N2O4. The van der Waals surface area contributed by atoms with Gasteiger partial charge in [0.25, 0.3) is 0 Å². The first-order valence-electron chi connectivity index (χ1n) is 6.37. The Hall–Kier alpha value is -2.89. The molecule has 2 heterocycles. The van der Waals surface area contributed by atoms with Crippen LogP contribution >= 0.6 is 0 Å². The molecule has 0 spiro atoms. The van der Waals surface area contributed by atoms with E-state index in [0.717, 1.165) is 10.5 Å². The average molecular weight is 284 g/mol. The van der Waals surface area contributed by atoms with Crippen LogP contribution in [-0.4, -0.2) is 28.2 Å². The number of aromatic nitrogens is 1. The highest BCUT2D eigenvalue weighted by molar-refractivity contribution is 5.99. The largest absolute Gasteiger partial charge is 0.428 e. The molecule has 2 aromatic rings. The van der Waals surface area contributed by atoms with E-state index < -0.39 is 18.3 Å². The Bertz CT molecular complexity index is 645. The second-order valence-electron chi connectivity index (χ2n) is 4.41. The standard InChI is InChI=1S/C15H12N2O4/c18-13-14(20-12-8-4-5-9-16-12)21-15(19)17(13)10-11-6-2-1-3-7-11/h1-9,14H,10H2. The summed E-state index contributed by atoms with van der Waals surface area (Å²) in [6.07, 6.45) is -0.473. The molecule has 106 valence electrons. The monoisotopic (exact) mass is 284 g/mol. The minimum Gasteiger partial charge on any atom is -0.428 e. The average Bonchev–Trinajstić information content (AvgIpc) is 2.77. The number of hydrogen-bond acceptors (Lipinski definition) is 5. The highest BCUT2D eigenvalue weighted by Crippen LogP contribution is 2.19. The van der Waals surface area contributed by atoms with Gasteiger partial charge in [-0.1, -0.05) is 36.4 Å². The number of pyridine rings is 1. The van der Waals surface area contributed by atoms with Gasteiger partial charge in [0.1, 0.15) is 0 Å².